The van der Waals surface area contributed by atoms with Gasteiger partial charge in [-0.1, -0.05) is 11.8 Å². The van der Waals surface area contributed by atoms with Crippen molar-refractivity contribution < 1.29 is 18.7 Å². The lowest BCUT2D eigenvalue weighted by atomic mass is 10.2. The molecule has 1 aliphatic rings. The number of thioether (sulfide) groups is 1. The van der Waals surface area contributed by atoms with E-state index < -0.39 is 0 Å². The van der Waals surface area contributed by atoms with E-state index >= 15 is 0 Å². The summed E-state index contributed by atoms with van der Waals surface area (Å²) in [4.78, 5) is 21.2. The molecule has 0 unspecified atom stereocenters. The minimum Gasteiger partial charge on any atom is -0.455 e. The Morgan fingerprint density at radius 3 is 2.67 bits per heavy atom. The Morgan fingerprint density at radius 2 is 1.85 bits per heavy atom. The van der Waals surface area contributed by atoms with Crippen molar-refractivity contribution in [1.29, 1.82) is 0 Å². The van der Waals surface area contributed by atoms with E-state index in [1.54, 1.807) is 30.3 Å². The van der Waals surface area contributed by atoms with Crippen molar-refractivity contribution in [3.63, 3.8) is 0 Å². The number of anilines is 1. The highest BCUT2D eigenvalue weighted by Crippen LogP contribution is 2.34. The molecule has 7 nitrogen and oxygen atoms in total. The Bertz CT molecular complexity index is 982. The molecule has 0 saturated carbocycles. The number of nitrogens with one attached hydrogen (secondary N) is 1. The molecule has 0 fully saturated rings. The Morgan fingerprint density at radius 1 is 1.07 bits per heavy atom. The lowest BCUT2D eigenvalue weighted by Gasteiger charge is -2.04. The van der Waals surface area contributed by atoms with Crippen LogP contribution in [0.25, 0.3) is 0 Å². The van der Waals surface area contributed by atoms with Crippen LogP contribution >= 0.6 is 11.8 Å². The second kappa shape index (κ2) is 7.32. The topological polar surface area (TPSA) is 86.5 Å². The second-order valence-corrected chi connectivity index (χ2v) is 6.95. The molecule has 0 spiro atoms. The van der Waals surface area contributed by atoms with Crippen LogP contribution in [0.15, 0.2) is 46.0 Å². The molecule has 0 radical (unpaired) electrons. The summed E-state index contributed by atoms with van der Waals surface area (Å²) in [5.74, 6) is 2.41. The minimum atomic E-state index is -0.326. The van der Waals surface area contributed by atoms with Gasteiger partial charge in [-0.15, -0.1) is 0 Å². The van der Waals surface area contributed by atoms with Gasteiger partial charge in [-0.3, -0.25) is 4.79 Å². The summed E-state index contributed by atoms with van der Waals surface area (Å²) in [6.07, 6.45) is 0. The Labute approximate surface area is 160 Å². The molecule has 3 heterocycles. The van der Waals surface area contributed by atoms with E-state index in [9.17, 15) is 4.79 Å². The van der Waals surface area contributed by atoms with Crippen LogP contribution in [-0.4, -0.2) is 22.7 Å². The molecule has 1 aromatic carbocycles. The third kappa shape index (κ3) is 4.06. The Balaban J connectivity index is 1.39. The molecule has 27 heavy (non-hydrogen) atoms. The number of hydrogen-bond donors (Lipinski definition) is 1. The van der Waals surface area contributed by atoms with Gasteiger partial charge in [-0.05, 0) is 44.2 Å². The predicted octanol–water partition coefficient (Wildman–Crippen LogP) is 3.96. The first kappa shape index (κ1) is 17.4. The van der Waals surface area contributed by atoms with E-state index in [0.29, 0.717) is 33.9 Å². The summed E-state index contributed by atoms with van der Waals surface area (Å²) in [5, 5.41) is 3.48. The number of benzene rings is 1. The fourth-order valence-corrected chi connectivity index (χ4v) is 3.48. The van der Waals surface area contributed by atoms with Gasteiger partial charge in [0.25, 0.3) is 5.91 Å². The summed E-state index contributed by atoms with van der Waals surface area (Å²) in [6.45, 7) is 4.06. The molecule has 1 aliphatic heterocycles. The molecule has 3 aromatic rings. The fourth-order valence-electron chi connectivity index (χ4n) is 2.64. The van der Waals surface area contributed by atoms with Crippen molar-refractivity contribution in [1.82, 2.24) is 9.97 Å². The average molecular weight is 383 g/mol. The summed E-state index contributed by atoms with van der Waals surface area (Å²) < 4.78 is 16.2. The van der Waals surface area contributed by atoms with Crippen LogP contribution in [0.4, 0.5) is 5.69 Å². The largest absolute Gasteiger partial charge is 0.455 e. The van der Waals surface area contributed by atoms with Gasteiger partial charge in [0.2, 0.25) is 6.79 Å². The van der Waals surface area contributed by atoms with Crippen LogP contribution in [0.1, 0.15) is 27.7 Å². The van der Waals surface area contributed by atoms with E-state index in [-0.39, 0.29) is 18.5 Å². The zero-order valence-electron chi connectivity index (χ0n) is 14.8. The molecule has 0 bridgehead atoms. The summed E-state index contributed by atoms with van der Waals surface area (Å²) in [7, 11) is 0. The first-order valence-corrected chi connectivity index (χ1v) is 9.30. The molecule has 4 rings (SSSR count). The van der Waals surface area contributed by atoms with Crippen molar-refractivity contribution in [2.24, 2.45) is 0 Å². The molecular weight excluding hydrogens is 366 g/mol. The van der Waals surface area contributed by atoms with Crippen molar-refractivity contribution >= 4 is 23.4 Å². The number of hydrogen-bond acceptors (Lipinski definition) is 7. The van der Waals surface area contributed by atoms with Crippen LogP contribution in [0.5, 0.6) is 11.5 Å². The quantitative estimate of drug-likeness (QED) is 0.527. The predicted molar refractivity (Wildman–Crippen MR) is 100 cm³/mol. The minimum absolute atomic E-state index is 0.191. The number of fused-ring (bicyclic) bond motifs is 1. The van der Waals surface area contributed by atoms with Crippen LogP contribution in [0, 0.1) is 13.8 Å². The lowest BCUT2D eigenvalue weighted by molar-refractivity contribution is 0.0995. The number of ether oxygens (including phenoxy) is 2. The molecule has 0 saturated heterocycles. The highest BCUT2D eigenvalue weighted by Gasteiger charge is 2.16. The zero-order valence-corrected chi connectivity index (χ0v) is 15.6. The first-order chi connectivity index (χ1) is 13.1. The monoisotopic (exact) mass is 383 g/mol. The van der Waals surface area contributed by atoms with Crippen molar-refractivity contribution in [3.8, 4) is 11.5 Å². The third-order valence-electron chi connectivity index (χ3n) is 3.82. The normalized spacial score (nSPS) is 12.2. The SMILES string of the molecule is Cc1cc(C)nc(SCc2ccc(C(=O)Nc3ccc4c(c3)OCO4)o2)n1. The van der Waals surface area contributed by atoms with Crippen molar-refractivity contribution in [2.75, 3.05) is 12.1 Å². The molecule has 0 atom stereocenters. The summed E-state index contributed by atoms with van der Waals surface area (Å²) >= 11 is 1.47. The van der Waals surface area contributed by atoms with Gasteiger partial charge in [0.05, 0.1) is 5.75 Å². The van der Waals surface area contributed by atoms with Crippen molar-refractivity contribution in [2.45, 2.75) is 24.8 Å². The first-order valence-electron chi connectivity index (χ1n) is 8.31. The van der Waals surface area contributed by atoms with Gasteiger partial charge >= 0.3 is 0 Å². The number of carbonyl (C=O) groups excluding carboxylic acids is 1. The van der Waals surface area contributed by atoms with Gasteiger partial charge in [0, 0.05) is 23.1 Å². The number of nitrogens with zero attached hydrogens (tertiary/aromatic N) is 2. The molecule has 138 valence electrons. The van der Waals surface area contributed by atoms with E-state index in [4.69, 9.17) is 13.9 Å². The number of rotatable bonds is 5. The molecular formula is C19H17N3O4S. The zero-order chi connectivity index (χ0) is 18.8. The second-order valence-electron chi connectivity index (χ2n) is 6.01. The molecule has 8 heteroatoms. The Kier molecular flexibility index (Phi) is 4.72. The third-order valence-corrected chi connectivity index (χ3v) is 4.69. The standard InChI is InChI=1S/C19H17N3O4S/c1-11-7-12(2)21-19(20-11)27-9-14-4-6-16(26-14)18(23)22-13-3-5-15-17(8-13)25-10-24-15/h3-8H,9-10H2,1-2H3,(H,22,23). The molecule has 2 aromatic heterocycles. The number of aromatic nitrogens is 2. The van der Waals surface area contributed by atoms with E-state index in [1.807, 2.05) is 19.9 Å². The van der Waals surface area contributed by atoms with E-state index in [1.165, 1.54) is 11.8 Å². The highest BCUT2D eigenvalue weighted by atomic mass is 32.2. The molecule has 0 aliphatic carbocycles. The van der Waals surface area contributed by atoms with Crippen LogP contribution in [0.2, 0.25) is 0 Å². The van der Waals surface area contributed by atoms with Gasteiger partial charge in [-0.25, -0.2) is 9.97 Å². The number of amides is 1. The van der Waals surface area contributed by atoms with Crippen LogP contribution in [0.3, 0.4) is 0 Å². The number of carbonyl (C=O) groups is 1. The maximum absolute atomic E-state index is 12.4. The summed E-state index contributed by atoms with van der Waals surface area (Å²) in [6, 6.07) is 10.6. The lowest BCUT2D eigenvalue weighted by Crippen LogP contribution is -2.10. The van der Waals surface area contributed by atoms with E-state index in [2.05, 4.69) is 15.3 Å². The smallest absolute Gasteiger partial charge is 0.291 e. The maximum Gasteiger partial charge on any atom is 0.291 e. The molecule has 1 N–H and O–H groups in total. The highest BCUT2D eigenvalue weighted by molar-refractivity contribution is 7.98. The number of aryl methyl sites for hydroxylation is 2. The van der Waals surface area contributed by atoms with Gasteiger partial charge in [-0.2, -0.15) is 0 Å². The van der Waals surface area contributed by atoms with Crippen molar-refractivity contribution in [3.05, 3.63) is 59.3 Å². The van der Waals surface area contributed by atoms with Crippen LogP contribution < -0.4 is 14.8 Å². The van der Waals surface area contributed by atoms with Crippen LogP contribution in [-0.2, 0) is 5.75 Å². The maximum atomic E-state index is 12.4. The average Bonchev–Trinajstić information content (AvgIpc) is 3.28. The fraction of sp³-hybridized carbons (Fsp3) is 0.211. The Hall–Kier alpha value is -3.00. The van der Waals surface area contributed by atoms with Gasteiger partial charge in [0.15, 0.2) is 22.4 Å². The summed E-state index contributed by atoms with van der Waals surface area (Å²) in [5.41, 5.74) is 2.46. The molecule has 1 amide bonds. The van der Waals surface area contributed by atoms with E-state index in [0.717, 1.165) is 11.4 Å². The van der Waals surface area contributed by atoms with Gasteiger partial charge < -0.3 is 19.2 Å². The van der Waals surface area contributed by atoms with Gasteiger partial charge in [0.1, 0.15) is 5.76 Å². The number of furan rings is 1.